The van der Waals surface area contributed by atoms with Crippen LogP contribution in [0.4, 0.5) is 5.82 Å². The van der Waals surface area contributed by atoms with E-state index in [1.807, 2.05) is 13.1 Å². The van der Waals surface area contributed by atoms with Gasteiger partial charge in [0.1, 0.15) is 5.82 Å². The minimum Gasteiger partial charge on any atom is -0.357 e. The Balaban J connectivity index is 2.03. The maximum atomic E-state index is 8.92. The lowest BCUT2D eigenvalue weighted by atomic mass is 9.90. The second-order valence-electron chi connectivity index (χ2n) is 4.92. The molecule has 1 saturated carbocycles. The SMILES string of the molecule is CNC1CCC(N(C)c2cc(C#N)ccn2)CC1. The maximum absolute atomic E-state index is 8.92. The largest absolute Gasteiger partial charge is 0.357 e. The summed E-state index contributed by atoms with van der Waals surface area (Å²) in [6.45, 7) is 0. The molecule has 1 aromatic rings. The van der Waals surface area contributed by atoms with Crippen molar-refractivity contribution >= 4 is 5.82 Å². The van der Waals surface area contributed by atoms with Crippen LogP contribution in [0.3, 0.4) is 0 Å². The molecule has 1 aliphatic carbocycles. The molecule has 0 bridgehead atoms. The average Bonchev–Trinajstić information content (AvgIpc) is 2.46. The summed E-state index contributed by atoms with van der Waals surface area (Å²) in [6.07, 6.45) is 6.50. The normalized spacial score (nSPS) is 23.4. The van der Waals surface area contributed by atoms with Crippen LogP contribution in [0.25, 0.3) is 0 Å². The fraction of sp³-hybridized carbons (Fsp3) is 0.571. The summed E-state index contributed by atoms with van der Waals surface area (Å²) in [7, 11) is 4.11. The molecule has 1 aliphatic rings. The molecule has 0 aliphatic heterocycles. The molecule has 1 N–H and O–H groups in total. The van der Waals surface area contributed by atoms with Gasteiger partial charge >= 0.3 is 0 Å². The lowest BCUT2D eigenvalue weighted by molar-refractivity contribution is 0.350. The minimum absolute atomic E-state index is 0.538. The van der Waals surface area contributed by atoms with Crippen molar-refractivity contribution in [2.45, 2.75) is 37.8 Å². The summed E-state index contributed by atoms with van der Waals surface area (Å²) in [5.41, 5.74) is 0.677. The van der Waals surface area contributed by atoms with Gasteiger partial charge in [-0.05, 0) is 44.9 Å². The van der Waals surface area contributed by atoms with Crippen LogP contribution in [-0.4, -0.2) is 31.2 Å². The molecule has 0 amide bonds. The second-order valence-corrected chi connectivity index (χ2v) is 4.92. The molecule has 1 heterocycles. The fourth-order valence-electron chi connectivity index (χ4n) is 2.62. The van der Waals surface area contributed by atoms with Crippen molar-refractivity contribution in [2.24, 2.45) is 0 Å². The van der Waals surface area contributed by atoms with Gasteiger partial charge in [0.05, 0.1) is 11.6 Å². The molecule has 4 heteroatoms. The minimum atomic E-state index is 0.538. The van der Waals surface area contributed by atoms with E-state index in [9.17, 15) is 0 Å². The van der Waals surface area contributed by atoms with Gasteiger partial charge in [0.25, 0.3) is 0 Å². The number of nitriles is 1. The molecule has 0 spiro atoms. The second kappa shape index (κ2) is 5.83. The third kappa shape index (κ3) is 2.80. The van der Waals surface area contributed by atoms with Gasteiger partial charge < -0.3 is 10.2 Å². The highest BCUT2D eigenvalue weighted by molar-refractivity contribution is 5.45. The molecule has 2 rings (SSSR count). The van der Waals surface area contributed by atoms with E-state index < -0.39 is 0 Å². The zero-order valence-corrected chi connectivity index (χ0v) is 11.1. The number of pyridine rings is 1. The van der Waals surface area contributed by atoms with Crippen LogP contribution in [0.1, 0.15) is 31.2 Å². The van der Waals surface area contributed by atoms with Gasteiger partial charge in [0.2, 0.25) is 0 Å². The quantitative estimate of drug-likeness (QED) is 0.882. The lowest BCUT2D eigenvalue weighted by Crippen LogP contribution is -2.40. The number of nitrogens with zero attached hydrogens (tertiary/aromatic N) is 3. The Bertz CT molecular complexity index is 430. The molecule has 96 valence electrons. The van der Waals surface area contributed by atoms with Gasteiger partial charge in [0.15, 0.2) is 0 Å². The van der Waals surface area contributed by atoms with Crippen molar-refractivity contribution in [3.05, 3.63) is 23.9 Å². The topological polar surface area (TPSA) is 52.0 Å². The predicted molar refractivity (Wildman–Crippen MR) is 72.5 cm³/mol. The van der Waals surface area contributed by atoms with Crippen LogP contribution in [-0.2, 0) is 0 Å². The third-order valence-corrected chi connectivity index (χ3v) is 3.89. The number of hydrogen-bond acceptors (Lipinski definition) is 4. The number of nitrogens with one attached hydrogen (secondary N) is 1. The molecule has 18 heavy (non-hydrogen) atoms. The number of aromatic nitrogens is 1. The Morgan fingerprint density at radius 2 is 2.11 bits per heavy atom. The van der Waals surface area contributed by atoms with Gasteiger partial charge in [-0.1, -0.05) is 0 Å². The van der Waals surface area contributed by atoms with Crippen molar-refractivity contribution in [1.82, 2.24) is 10.3 Å². The molecule has 1 fully saturated rings. The van der Waals surface area contributed by atoms with E-state index in [4.69, 9.17) is 5.26 Å². The van der Waals surface area contributed by atoms with Crippen LogP contribution in [0.2, 0.25) is 0 Å². The summed E-state index contributed by atoms with van der Waals surface area (Å²) in [5.74, 6) is 0.905. The molecule has 0 saturated heterocycles. The highest BCUT2D eigenvalue weighted by atomic mass is 15.2. The molecule has 0 atom stereocenters. The molecule has 1 aromatic heterocycles. The average molecular weight is 244 g/mol. The van der Waals surface area contributed by atoms with Gasteiger partial charge in [-0.15, -0.1) is 0 Å². The Morgan fingerprint density at radius 3 is 2.72 bits per heavy atom. The highest BCUT2D eigenvalue weighted by Crippen LogP contribution is 2.25. The third-order valence-electron chi connectivity index (χ3n) is 3.89. The van der Waals surface area contributed by atoms with Crippen molar-refractivity contribution in [1.29, 1.82) is 5.26 Å². The Labute approximate surface area is 109 Å². The summed E-state index contributed by atoms with van der Waals surface area (Å²) >= 11 is 0. The lowest BCUT2D eigenvalue weighted by Gasteiger charge is -2.35. The van der Waals surface area contributed by atoms with Gasteiger partial charge in [-0.25, -0.2) is 4.98 Å². The fourth-order valence-corrected chi connectivity index (χ4v) is 2.62. The first-order chi connectivity index (χ1) is 8.74. The van der Waals surface area contributed by atoms with Crippen LogP contribution >= 0.6 is 0 Å². The van der Waals surface area contributed by atoms with E-state index in [1.165, 1.54) is 25.7 Å². The van der Waals surface area contributed by atoms with E-state index in [1.54, 1.807) is 12.3 Å². The van der Waals surface area contributed by atoms with Crippen molar-refractivity contribution < 1.29 is 0 Å². The Morgan fingerprint density at radius 1 is 1.39 bits per heavy atom. The van der Waals surface area contributed by atoms with E-state index >= 15 is 0 Å². The van der Waals surface area contributed by atoms with Crippen LogP contribution in [0, 0.1) is 11.3 Å². The maximum Gasteiger partial charge on any atom is 0.129 e. The van der Waals surface area contributed by atoms with Gasteiger partial charge in [-0.2, -0.15) is 5.26 Å². The van der Waals surface area contributed by atoms with E-state index in [0.29, 0.717) is 17.6 Å². The predicted octanol–water partition coefficient (Wildman–Crippen LogP) is 1.92. The summed E-state index contributed by atoms with van der Waals surface area (Å²) < 4.78 is 0. The summed E-state index contributed by atoms with van der Waals surface area (Å²) in [4.78, 5) is 6.58. The first kappa shape index (κ1) is 12.8. The Hall–Kier alpha value is -1.60. The monoisotopic (exact) mass is 244 g/mol. The first-order valence-electron chi connectivity index (χ1n) is 6.51. The number of hydrogen-bond donors (Lipinski definition) is 1. The summed E-state index contributed by atoms with van der Waals surface area (Å²) in [6, 6.07) is 6.97. The molecule has 0 aromatic carbocycles. The molecule has 4 nitrogen and oxygen atoms in total. The standard InChI is InChI=1S/C14H20N4/c1-16-12-3-5-13(6-4-12)18(2)14-9-11(10-15)7-8-17-14/h7-9,12-13,16H,3-6H2,1-2H3. The van der Waals surface area contributed by atoms with Gasteiger partial charge in [0, 0.05) is 25.3 Å². The molecular weight excluding hydrogens is 224 g/mol. The Kier molecular flexibility index (Phi) is 4.16. The zero-order valence-electron chi connectivity index (χ0n) is 11.1. The van der Waals surface area contributed by atoms with Crippen LogP contribution in [0.15, 0.2) is 18.3 Å². The smallest absolute Gasteiger partial charge is 0.129 e. The van der Waals surface area contributed by atoms with Crippen LogP contribution < -0.4 is 10.2 Å². The molecule has 0 unspecified atom stereocenters. The molecule has 0 radical (unpaired) electrons. The first-order valence-corrected chi connectivity index (χ1v) is 6.51. The highest BCUT2D eigenvalue weighted by Gasteiger charge is 2.23. The van der Waals surface area contributed by atoms with Gasteiger partial charge in [-0.3, -0.25) is 0 Å². The van der Waals surface area contributed by atoms with Crippen molar-refractivity contribution in [2.75, 3.05) is 19.0 Å². The van der Waals surface area contributed by atoms with Crippen LogP contribution in [0.5, 0.6) is 0 Å². The van der Waals surface area contributed by atoms with E-state index in [2.05, 4.69) is 28.3 Å². The van der Waals surface area contributed by atoms with E-state index in [-0.39, 0.29) is 0 Å². The van der Waals surface area contributed by atoms with Crippen molar-refractivity contribution in [3.8, 4) is 6.07 Å². The number of rotatable bonds is 3. The van der Waals surface area contributed by atoms with E-state index in [0.717, 1.165) is 5.82 Å². The summed E-state index contributed by atoms with van der Waals surface area (Å²) in [5, 5.41) is 12.3. The zero-order chi connectivity index (χ0) is 13.0. The van der Waals surface area contributed by atoms with Crippen molar-refractivity contribution in [3.63, 3.8) is 0 Å². The number of anilines is 1. The molecular formula is C14H20N4.